The molecule has 4 rings (SSSR count). The molecule has 0 spiro atoms. The van der Waals surface area contributed by atoms with Crippen LogP contribution < -0.4 is 10.1 Å². The van der Waals surface area contributed by atoms with Crippen LogP contribution in [0.4, 0.5) is 0 Å². The first-order chi connectivity index (χ1) is 12.9. The van der Waals surface area contributed by atoms with Crippen molar-refractivity contribution in [3.05, 3.63) is 90.3 Å². The lowest BCUT2D eigenvalue weighted by atomic mass is 10.00. The smallest absolute Gasteiger partial charge is 0.127 e. The molecule has 1 aromatic heterocycles. The summed E-state index contributed by atoms with van der Waals surface area (Å²) in [7, 11) is 0. The summed E-state index contributed by atoms with van der Waals surface area (Å²) in [5.74, 6) is 1.70. The van der Waals surface area contributed by atoms with Crippen LogP contribution in [0.15, 0.2) is 79.0 Å². The Morgan fingerprint density at radius 3 is 2.38 bits per heavy atom. The molecule has 26 heavy (non-hydrogen) atoms. The van der Waals surface area contributed by atoms with Gasteiger partial charge in [0.25, 0.3) is 0 Å². The second kappa shape index (κ2) is 8.13. The Hall–Kier alpha value is -2.69. The number of ether oxygens (including phenoxy) is 1. The topological polar surface area (TPSA) is 37.4 Å². The third-order valence-electron chi connectivity index (χ3n) is 4.64. The molecule has 4 nitrogen and oxygen atoms in total. The van der Waals surface area contributed by atoms with Crippen molar-refractivity contribution in [2.45, 2.75) is 6.04 Å². The van der Waals surface area contributed by atoms with Crippen LogP contribution in [0.2, 0.25) is 0 Å². The molecule has 1 N–H and O–H groups in total. The van der Waals surface area contributed by atoms with Crippen molar-refractivity contribution in [2.24, 2.45) is 0 Å². The predicted octanol–water partition coefficient (Wildman–Crippen LogP) is 3.87. The van der Waals surface area contributed by atoms with E-state index in [-0.39, 0.29) is 6.04 Å². The van der Waals surface area contributed by atoms with Crippen LogP contribution in [-0.4, -0.2) is 36.1 Å². The number of hydrogen-bond donors (Lipinski definition) is 1. The molecule has 0 aliphatic carbocycles. The summed E-state index contributed by atoms with van der Waals surface area (Å²) in [6.07, 6.45) is 1.87. The molecule has 1 aliphatic heterocycles. The molecular weight excluding hydrogens is 322 g/mol. The van der Waals surface area contributed by atoms with Gasteiger partial charge in [-0.3, -0.25) is 9.88 Å². The first kappa shape index (κ1) is 16.8. The largest absolute Gasteiger partial charge is 0.457 e. The first-order valence-electron chi connectivity index (χ1n) is 9.09. The number of benzene rings is 2. The number of rotatable bonds is 5. The van der Waals surface area contributed by atoms with Crippen LogP contribution in [0.3, 0.4) is 0 Å². The summed E-state index contributed by atoms with van der Waals surface area (Å²) < 4.78 is 6.04. The second-order valence-corrected chi connectivity index (χ2v) is 6.43. The molecule has 0 amide bonds. The minimum Gasteiger partial charge on any atom is -0.457 e. The Kier molecular flexibility index (Phi) is 5.24. The highest BCUT2D eigenvalue weighted by atomic mass is 16.5. The summed E-state index contributed by atoms with van der Waals surface area (Å²) in [6.45, 7) is 4.02. The minimum absolute atomic E-state index is 0.137. The van der Waals surface area contributed by atoms with Crippen molar-refractivity contribution >= 4 is 0 Å². The number of nitrogens with one attached hydrogen (secondary N) is 1. The van der Waals surface area contributed by atoms with Gasteiger partial charge in [0.2, 0.25) is 0 Å². The number of piperazine rings is 1. The van der Waals surface area contributed by atoms with Crippen molar-refractivity contribution in [3.63, 3.8) is 0 Å². The number of hydrogen-bond acceptors (Lipinski definition) is 4. The van der Waals surface area contributed by atoms with Crippen LogP contribution in [0, 0.1) is 0 Å². The average Bonchev–Trinajstić information content (AvgIpc) is 2.71. The summed E-state index contributed by atoms with van der Waals surface area (Å²) in [5, 5.41) is 3.43. The fraction of sp³-hybridized carbons (Fsp3) is 0.227. The van der Waals surface area contributed by atoms with Gasteiger partial charge in [-0.25, -0.2) is 0 Å². The molecule has 132 valence electrons. The standard InChI is InChI=1S/C22H23N3O/c1-2-8-19(9-3-1)26-20-10-6-7-18(17-20)22(21-11-4-5-12-24-21)25-15-13-23-14-16-25/h1-12,17,22-23H,13-16H2. The Morgan fingerprint density at radius 2 is 1.62 bits per heavy atom. The molecule has 1 atom stereocenters. The Balaban J connectivity index is 1.66. The van der Waals surface area contributed by atoms with Crippen LogP contribution >= 0.6 is 0 Å². The Bertz CT molecular complexity index is 817. The van der Waals surface area contributed by atoms with E-state index in [9.17, 15) is 0 Å². The maximum absolute atomic E-state index is 6.04. The lowest BCUT2D eigenvalue weighted by molar-refractivity contribution is 0.195. The highest BCUT2D eigenvalue weighted by Crippen LogP contribution is 2.31. The Morgan fingerprint density at radius 1 is 0.846 bits per heavy atom. The molecule has 3 aromatic rings. The molecule has 4 heteroatoms. The zero-order valence-corrected chi connectivity index (χ0v) is 14.7. The number of para-hydroxylation sites is 1. The van der Waals surface area contributed by atoms with Crippen molar-refractivity contribution in [3.8, 4) is 11.5 Å². The maximum atomic E-state index is 6.04. The molecule has 1 unspecified atom stereocenters. The van der Waals surface area contributed by atoms with E-state index < -0.39 is 0 Å². The van der Waals surface area contributed by atoms with Gasteiger partial charge >= 0.3 is 0 Å². The number of nitrogens with zero attached hydrogens (tertiary/aromatic N) is 2. The molecule has 0 saturated carbocycles. The van der Waals surface area contributed by atoms with Crippen LogP contribution in [0.5, 0.6) is 11.5 Å². The fourth-order valence-corrected chi connectivity index (χ4v) is 3.42. The minimum atomic E-state index is 0.137. The van der Waals surface area contributed by atoms with Gasteiger partial charge in [-0.1, -0.05) is 36.4 Å². The van der Waals surface area contributed by atoms with Crippen molar-refractivity contribution < 1.29 is 4.74 Å². The van der Waals surface area contributed by atoms with Gasteiger partial charge in [-0.15, -0.1) is 0 Å². The summed E-state index contributed by atoms with van der Waals surface area (Å²) in [5.41, 5.74) is 2.28. The van der Waals surface area contributed by atoms with Gasteiger partial charge < -0.3 is 10.1 Å². The van der Waals surface area contributed by atoms with E-state index in [0.717, 1.165) is 43.4 Å². The lowest BCUT2D eigenvalue weighted by Gasteiger charge is -2.35. The number of aromatic nitrogens is 1. The first-order valence-corrected chi connectivity index (χ1v) is 9.09. The zero-order chi connectivity index (χ0) is 17.6. The highest BCUT2D eigenvalue weighted by Gasteiger charge is 2.25. The van der Waals surface area contributed by atoms with Crippen LogP contribution in [-0.2, 0) is 0 Å². The maximum Gasteiger partial charge on any atom is 0.127 e. The molecule has 2 heterocycles. The van der Waals surface area contributed by atoms with Gasteiger partial charge in [0, 0.05) is 32.4 Å². The van der Waals surface area contributed by atoms with E-state index in [1.54, 1.807) is 0 Å². The normalized spacial score (nSPS) is 16.2. The van der Waals surface area contributed by atoms with Crippen LogP contribution in [0.25, 0.3) is 0 Å². The zero-order valence-electron chi connectivity index (χ0n) is 14.7. The van der Waals surface area contributed by atoms with E-state index in [4.69, 9.17) is 4.74 Å². The molecule has 1 saturated heterocycles. The van der Waals surface area contributed by atoms with Gasteiger partial charge in [0.05, 0.1) is 11.7 Å². The predicted molar refractivity (Wildman–Crippen MR) is 103 cm³/mol. The number of pyridine rings is 1. The van der Waals surface area contributed by atoms with Gasteiger partial charge in [0.15, 0.2) is 0 Å². The van der Waals surface area contributed by atoms with Crippen molar-refractivity contribution in [1.82, 2.24) is 15.2 Å². The third-order valence-corrected chi connectivity index (χ3v) is 4.64. The summed E-state index contributed by atoms with van der Waals surface area (Å²) in [4.78, 5) is 7.13. The molecule has 0 radical (unpaired) electrons. The molecule has 1 fully saturated rings. The van der Waals surface area contributed by atoms with Gasteiger partial charge in [-0.05, 0) is 42.0 Å². The quantitative estimate of drug-likeness (QED) is 0.762. The summed E-state index contributed by atoms with van der Waals surface area (Å²) in [6, 6.07) is 24.5. The van der Waals surface area contributed by atoms with Crippen molar-refractivity contribution in [1.29, 1.82) is 0 Å². The summed E-state index contributed by atoms with van der Waals surface area (Å²) >= 11 is 0. The Labute approximate surface area is 154 Å². The van der Waals surface area contributed by atoms with Crippen LogP contribution in [0.1, 0.15) is 17.3 Å². The molecular formula is C22H23N3O. The van der Waals surface area contributed by atoms with Crippen molar-refractivity contribution in [2.75, 3.05) is 26.2 Å². The molecule has 2 aromatic carbocycles. The van der Waals surface area contributed by atoms with E-state index in [0.29, 0.717) is 0 Å². The second-order valence-electron chi connectivity index (χ2n) is 6.43. The highest BCUT2D eigenvalue weighted by molar-refractivity contribution is 5.37. The lowest BCUT2D eigenvalue weighted by Crippen LogP contribution is -2.45. The van der Waals surface area contributed by atoms with E-state index in [2.05, 4.69) is 45.5 Å². The fourth-order valence-electron chi connectivity index (χ4n) is 3.42. The van der Waals surface area contributed by atoms with E-state index in [1.807, 2.05) is 48.7 Å². The SMILES string of the molecule is c1ccc(Oc2cccc(C(c3ccccn3)N3CCNCC3)c2)cc1. The van der Waals surface area contributed by atoms with Gasteiger partial charge in [-0.2, -0.15) is 0 Å². The van der Waals surface area contributed by atoms with E-state index in [1.165, 1.54) is 5.56 Å². The third kappa shape index (κ3) is 3.93. The molecule has 0 bridgehead atoms. The average molecular weight is 345 g/mol. The van der Waals surface area contributed by atoms with Gasteiger partial charge in [0.1, 0.15) is 11.5 Å². The van der Waals surface area contributed by atoms with E-state index >= 15 is 0 Å². The molecule has 1 aliphatic rings. The monoisotopic (exact) mass is 345 g/mol.